The number of nitrogens with two attached hydrogens (primary N) is 1. The fourth-order valence-electron chi connectivity index (χ4n) is 2.53. The largest absolute Gasteiger partial charge is 0.271 e. The summed E-state index contributed by atoms with van der Waals surface area (Å²) >= 11 is 1.83. The van der Waals surface area contributed by atoms with Crippen LogP contribution in [-0.4, -0.2) is 6.04 Å². The minimum atomic E-state index is 0.465. The van der Waals surface area contributed by atoms with Crippen molar-refractivity contribution in [3.05, 3.63) is 22.4 Å². The summed E-state index contributed by atoms with van der Waals surface area (Å²) in [6.07, 6.45) is 7.98. The zero-order valence-electron chi connectivity index (χ0n) is 9.11. The lowest BCUT2D eigenvalue weighted by molar-refractivity contribution is 0.391. The summed E-state index contributed by atoms with van der Waals surface area (Å²) in [5.41, 5.74) is 2.97. The molecule has 1 aliphatic carbocycles. The fourth-order valence-corrected chi connectivity index (χ4v) is 3.32. The minimum absolute atomic E-state index is 0.465. The average Bonchev–Trinajstić information content (AvgIpc) is 2.89. The van der Waals surface area contributed by atoms with Crippen molar-refractivity contribution < 1.29 is 0 Å². The third-order valence-electron chi connectivity index (χ3n) is 3.36. The van der Waals surface area contributed by atoms with E-state index in [4.69, 9.17) is 5.84 Å². The molecule has 1 atom stereocenters. The van der Waals surface area contributed by atoms with Gasteiger partial charge in [-0.25, -0.2) is 0 Å². The molecule has 0 bridgehead atoms. The predicted octanol–water partition coefficient (Wildman–Crippen LogP) is 2.70. The fraction of sp³-hybridized carbons (Fsp3) is 0.667. The van der Waals surface area contributed by atoms with Gasteiger partial charge in [0.05, 0.1) is 0 Å². The Morgan fingerprint density at radius 3 is 2.87 bits per heavy atom. The number of hydrogen-bond acceptors (Lipinski definition) is 3. The molecule has 84 valence electrons. The summed E-state index contributed by atoms with van der Waals surface area (Å²) < 4.78 is 0. The molecule has 0 saturated heterocycles. The first kappa shape index (κ1) is 11.1. The molecule has 1 aliphatic rings. The maximum absolute atomic E-state index is 5.62. The molecule has 0 aromatic carbocycles. The summed E-state index contributed by atoms with van der Waals surface area (Å²) in [4.78, 5) is 1.44. The Morgan fingerprint density at radius 1 is 1.47 bits per heavy atom. The van der Waals surface area contributed by atoms with Gasteiger partial charge in [-0.1, -0.05) is 31.7 Å². The monoisotopic (exact) mass is 224 g/mol. The van der Waals surface area contributed by atoms with Gasteiger partial charge in [-0.3, -0.25) is 11.3 Å². The average molecular weight is 224 g/mol. The predicted molar refractivity (Wildman–Crippen MR) is 65.7 cm³/mol. The molecule has 1 aromatic heterocycles. The molecule has 0 amide bonds. The molecule has 1 fully saturated rings. The Kier molecular flexibility index (Phi) is 4.18. The number of nitrogens with one attached hydrogen (secondary N) is 1. The summed E-state index contributed by atoms with van der Waals surface area (Å²) in [5, 5.41) is 2.14. The summed E-state index contributed by atoms with van der Waals surface area (Å²) in [6.45, 7) is 0. The highest BCUT2D eigenvalue weighted by atomic mass is 32.1. The lowest BCUT2D eigenvalue weighted by atomic mass is 9.96. The number of hydrazine groups is 1. The second-order valence-electron chi connectivity index (χ2n) is 4.53. The first-order valence-corrected chi connectivity index (χ1v) is 6.75. The van der Waals surface area contributed by atoms with Crippen LogP contribution in [0.25, 0.3) is 0 Å². The van der Waals surface area contributed by atoms with E-state index in [-0.39, 0.29) is 0 Å². The van der Waals surface area contributed by atoms with Gasteiger partial charge in [0.2, 0.25) is 0 Å². The number of rotatable bonds is 5. The molecular weight excluding hydrogens is 204 g/mol. The summed E-state index contributed by atoms with van der Waals surface area (Å²) in [6, 6.07) is 4.78. The van der Waals surface area contributed by atoms with Gasteiger partial charge < -0.3 is 0 Å². The van der Waals surface area contributed by atoms with Gasteiger partial charge in [0.1, 0.15) is 0 Å². The second-order valence-corrected chi connectivity index (χ2v) is 5.57. The van der Waals surface area contributed by atoms with Crippen LogP contribution < -0.4 is 11.3 Å². The molecule has 0 spiro atoms. The molecule has 1 aromatic rings. The standard InChI is InChI=1S/C12H20N2S/c13-14-11(8-10-4-1-2-5-10)9-12-6-3-7-15-12/h3,6-7,10-11,14H,1-2,4-5,8-9,13H2. The lowest BCUT2D eigenvalue weighted by Gasteiger charge is -2.18. The van der Waals surface area contributed by atoms with Gasteiger partial charge in [0.25, 0.3) is 0 Å². The summed E-state index contributed by atoms with van der Waals surface area (Å²) in [5.74, 6) is 6.53. The highest BCUT2D eigenvalue weighted by Crippen LogP contribution is 2.29. The molecule has 15 heavy (non-hydrogen) atoms. The Bertz CT molecular complexity index is 265. The topological polar surface area (TPSA) is 38.0 Å². The molecule has 2 rings (SSSR count). The van der Waals surface area contributed by atoms with E-state index >= 15 is 0 Å². The SMILES string of the molecule is NNC(Cc1cccs1)CC1CCCC1. The van der Waals surface area contributed by atoms with Gasteiger partial charge in [0.15, 0.2) is 0 Å². The first-order chi connectivity index (χ1) is 7.38. The van der Waals surface area contributed by atoms with Crippen molar-refractivity contribution in [3.63, 3.8) is 0 Å². The van der Waals surface area contributed by atoms with Crippen molar-refractivity contribution >= 4 is 11.3 Å². The van der Waals surface area contributed by atoms with Crippen LogP contribution in [0.15, 0.2) is 17.5 Å². The third-order valence-corrected chi connectivity index (χ3v) is 4.25. The normalized spacial score (nSPS) is 19.5. The molecule has 2 nitrogen and oxygen atoms in total. The van der Waals surface area contributed by atoms with E-state index in [1.54, 1.807) is 0 Å². The van der Waals surface area contributed by atoms with Crippen molar-refractivity contribution in [2.45, 2.75) is 44.6 Å². The van der Waals surface area contributed by atoms with Crippen LogP contribution >= 0.6 is 11.3 Å². The van der Waals surface area contributed by atoms with Gasteiger partial charge in [-0.2, -0.15) is 0 Å². The van der Waals surface area contributed by atoms with E-state index in [0.717, 1.165) is 12.3 Å². The zero-order valence-corrected chi connectivity index (χ0v) is 9.93. The van der Waals surface area contributed by atoms with E-state index in [0.29, 0.717) is 6.04 Å². The van der Waals surface area contributed by atoms with E-state index in [1.165, 1.54) is 37.0 Å². The Morgan fingerprint density at radius 2 is 2.27 bits per heavy atom. The van der Waals surface area contributed by atoms with Crippen LogP contribution in [0, 0.1) is 5.92 Å². The highest BCUT2D eigenvalue weighted by molar-refractivity contribution is 7.09. The molecule has 1 unspecified atom stereocenters. The summed E-state index contributed by atoms with van der Waals surface area (Å²) in [7, 11) is 0. The smallest absolute Gasteiger partial charge is 0.0261 e. The van der Waals surface area contributed by atoms with E-state index in [9.17, 15) is 0 Å². The van der Waals surface area contributed by atoms with Crippen LogP contribution in [0.2, 0.25) is 0 Å². The van der Waals surface area contributed by atoms with Crippen LogP contribution in [0.1, 0.15) is 37.0 Å². The van der Waals surface area contributed by atoms with Crippen LogP contribution in [0.5, 0.6) is 0 Å². The lowest BCUT2D eigenvalue weighted by Crippen LogP contribution is -2.37. The maximum Gasteiger partial charge on any atom is 0.0261 e. The molecule has 1 saturated carbocycles. The maximum atomic E-state index is 5.62. The van der Waals surface area contributed by atoms with Crippen molar-refractivity contribution in [1.82, 2.24) is 5.43 Å². The molecule has 3 heteroatoms. The molecular formula is C12H20N2S. The van der Waals surface area contributed by atoms with Crippen molar-refractivity contribution in [3.8, 4) is 0 Å². The second kappa shape index (κ2) is 5.64. The third kappa shape index (κ3) is 3.30. The van der Waals surface area contributed by atoms with Crippen LogP contribution in [-0.2, 0) is 6.42 Å². The minimum Gasteiger partial charge on any atom is -0.271 e. The van der Waals surface area contributed by atoms with Gasteiger partial charge >= 0.3 is 0 Å². The highest BCUT2D eigenvalue weighted by Gasteiger charge is 2.19. The van der Waals surface area contributed by atoms with Gasteiger partial charge in [0, 0.05) is 10.9 Å². The Balaban J connectivity index is 1.81. The molecule has 0 aliphatic heterocycles. The molecule has 0 radical (unpaired) electrons. The van der Waals surface area contributed by atoms with Crippen LogP contribution in [0.3, 0.4) is 0 Å². The van der Waals surface area contributed by atoms with E-state index < -0.39 is 0 Å². The van der Waals surface area contributed by atoms with E-state index in [1.807, 2.05) is 11.3 Å². The molecule has 1 heterocycles. The zero-order chi connectivity index (χ0) is 10.5. The van der Waals surface area contributed by atoms with Crippen molar-refractivity contribution in [2.24, 2.45) is 11.8 Å². The molecule has 3 N–H and O–H groups in total. The van der Waals surface area contributed by atoms with Gasteiger partial charge in [-0.05, 0) is 30.2 Å². The quantitative estimate of drug-likeness (QED) is 0.596. The Hall–Kier alpha value is -0.380. The Labute approximate surface area is 95.8 Å². The van der Waals surface area contributed by atoms with Crippen molar-refractivity contribution in [1.29, 1.82) is 0 Å². The van der Waals surface area contributed by atoms with E-state index in [2.05, 4.69) is 22.9 Å². The number of thiophene rings is 1. The van der Waals surface area contributed by atoms with Crippen LogP contribution in [0.4, 0.5) is 0 Å². The first-order valence-electron chi connectivity index (χ1n) is 5.87. The number of hydrogen-bond donors (Lipinski definition) is 2. The van der Waals surface area contributed by atoms with Crippen molar-refractivity contribution in [2.75, 3.05) is 0 Å². The van der Waals surface area contributed by atoms with Gasteiger partial charge in [-0.15, -0.1) is 11.3 Å².